The summed E-state index contributed by atoms with van der Waals surface area (Å²) >= 11 is 1.91. The Balaban J connectivity index is 1.26. The van der Waals surface area contributed by atoms with Crippen LogP contribution >= 0.6 is 11.8 Å². The zero-order valence-corrected chi connectivity index (χ0v) is 24.8. The van der Waals surface area contributed by atoms with E-state index in [1.54, 1.807) is 0 Å². The highest BCUT2D eigenvalue weighted by Crippen LogP contribution is 2.23. The second-order valence-electron chi connectivity index (χ2n) is 11.1. The maximum atomic E-state index is 6.03. The van der Waals surface area contributed by atoms with Gasteiger partial charge in [0.05, 0.1) is 19.1 Å². The van der Waals surface area contributed by atoms with Crippen LogP contribution in [0.15, 0.2) is 11.1 Å². The summed E-state index contributed by atoms with van der Waals surface area (Å²) in [6.07, 6.45) is 27.3. The highest BCUT2D eigenvalue weighted by Gasteiger charge is 2.25. The number of ether oxygens (including phenoxy) is 3. The van der Waals surface area contributed by atoms with Gasteiger partial charge in [-0.15, -0.1) is 11.8 Å². The lowest BCUT2D eigenvalue weighted by Crippen LogP contribution is -2.19. The summed E-state index contributed by atoms with van der Waals surface area (Å²) in [6, 6.07) is 0. The summed E-state index contributed by atoms with van der Waals surface area (Å²) in [7, 11) is 0. The zero-order valence-electron chi connectivity index (χ0n) is 24.0. The van der Waals surface area contributed by atoms with Gasteiger partial charge in [-0.25, -0.2) is 0 Å². The fraction of sp³-hybridized carbons (Fsp3) is 0.935. The van der Waals surface area contributed by atoms with Crippen molar-refractivity contribution in [2.24, 2.45) is 0 Å². The molecule has 36 heavy (non-hydrogen) atoms. The number of hydrogen-bond acceptors (Lipinski definition) is 5. The van der Waals surface area contributed by atoms with Crippen LogP contribution in [0.25, 0.3) is 0 Å². The molecule has 1 fully saturated rings. The van der Waals surface area contributed by atoms with Crippen LogP contribution in [0.2, 0.25) is 0 Å². The van der Waals surface area contributed by atoms with Crippen molar-refractivity contribution in [3.05, 3.63) is 11.1 Å². The molecule has 0 aromatic rings. The van der Waals surface area contributed by atoms with Gasteiger partial charge in [-0.3, -0.25) is 0 Å². The zero-order chi connectivity index (χ0) is 25.5. The monoisotopic (exact) mass is 525 g/mol. The van der Waals surface area contributed by atoms with E-state index in [4.69, 9.17) is 14.2 Å². The van der Waals surface area contributed by atoms with Crippen molar-refractivity contribution < 1.29 is 14.2 Å². The molecule has 0 aliphatic carbocycles. The molecule has 0 aromatic heterocycles. The van der Waals surface area contributed by atoms with E-state index in [1.807, 2.05) is 11.8 Å². The first-order chi connectivity index (χ1) is 17.8. The van der Waals surface area contributed by atoms with E-state index in [1.165, 1.54) is 128 Å². The van der Waals surface area contributed by atoms with Gasteiger partial charge in [0.15, 0.2) is 6.29 Å². The average Bonchev–Trinajstić information content (AvgIpc) is 3.51. The average molecular weight is 526 g/mol. The van der Waals surface area contributed by atoms with Crippen molar-refractivity contribution >= 4 is 11.8 Å². The lowest BCUT2D eigenvalue weighted by molar-refractivity contribution is -0.0761. The third-order valence-corrected chi connectivity index (χ3v) is 8.58. The molecule has 0 amide bonds. The number of thioether (sulfide) groups is 1. The number of hydrogen-bond donors (Lipinski definition) is 0. The van der Waals surface area contributed by atoms with E-state index in [0.29, 0.717) is 13.2 Å². The third kappa shape index (κ3) is 16.6. The topological polar surface area (TPSA) is 30.9 Å². The van der Waals surface area contributed by atoms with Crippen molar-refractivity contribution in [1.82, 2.24) is 4.90 Å². The molecule has 212 valence electrons. The third-order valence-electron chi connectivity index (χ3n) is 7.61. The molecular weight excluding hydrogens is 466 g/mol. The Kier molecular flexibility index (Phi) is 20.2. The maximum Gasteiger partial charge on any atom is 0.158 e. The maximum absolute atomic E-state index is 6.03. The Bertz CT molecular complexity index is 530. The van der Waals surface area contributed by atoms with Crippen LogP contribution in [0.3, 0.4) is 0 Å². The highest BCUT2D eigenvalue weighted by molar-refractivity contribution is 8.02. The van der Waals surface area contributed by atoms with Crippen LogP contribution in [0, 0.1) is 0 Å². The summed E-state index contributed by atoms with van der Waals surface area (Å²) in [4.78, 5) is 2.48. The molecule has 0 bridgehead atoms. The van der Waals surface area contributed by atoms with Crippen LogP contribution in [0.5, 0.6) is 0 Å². The van der Waals surface area contributed by atoms with Crippen LogP contribution in [-0.2, 0) is 14.2 Å². The largest absolute Gasteiger partial charge is 0.379 e. The van der Waals surface area contributed by atoms with Gasteiger partial charge in [-0.1, -0.05) is 110 Å². The Morgan fingerprint density at radius 3 is 2.00 bits per heavy atom. The first-order valence-corrected chi connectivity index (χ1v) is 16.7. The van der Waals surface area contributed by atoms with Crippen molar-refractivity contribution in [1.29, 1.82) is 0 Å². The van der Waals surface area contributed by atoms with Crippen molar-refractivity contribution in [2.75, 3.05) is 32.2 Å². The lowest BCUT2D eigenvalue weighted by atomic mass is 10.0. The van der Waals surface area contributed by atoms with E-state index in [-0.39, 0.29) is 12.4 Å². The molecule has 0 aromatic carbocycles. The number of nitrogens with zero attached hydrogens (tertiary/aromatic N) is 1. The number of unbranched alkanes of at least 4 members (excludes halogenated alkanes) is 17. The van der Waals surface area contributed by atoms with Gasteiger partial charge in [-0.2, -0.15) is 0 Å². The van der Waals surface area contributed by atoms with Crippen molar-refractivity contribution in [3.8, 4) is 0 Å². The summed E-state index contributed by atoms with van der Waals surface area (Å²) in [5.41, 5.74) is 1.43. The van der Waals surface area contributed by atoms with Crippen molar-refractivity contribution in [3.63, 3.8) is 0 Å². The molecule has 0 saturated carbocycles. The summed E-state index contributed by atoms with van der Waals surface area (Å²) in [6.45, 7) is 7.94. The van der Waals surface area contributed by atoms with Crippen LogP contribution in [0.4, 0.5) is 0 Å². The van der Waals surface area contributed by atoms with Crippen LogP contribution < -0.4 is 0 Å². The first-order valence-electron chi connectivity index (χ1n) is 15.7. The Morgan fingerprint density at radius 2 is 1.39 bits per heavy atom. The first kappa shape index (κ1) is 32.0. The van der Waals surface area contributed by atoms with E-state index in [0.717, 1.165) is 25.3 Å². The quantitative estimate of drug-likeness (QED) is 0.111. The summed E-state index contributed by atoms with van der Waals surface area (Å²) in [5.74, 6) is 1.14. The number of allylic oxidation sites excluding steroid dienone is 1. The molecule has 2 rings (SSSR count). The van der Waals surface area contributed by atoms with E-state index in [9.17, 15) is 0 Å². The molecule has 0 spiro atoms. The smallest absolute Gasteiger partial charge is 0.158 e. The SMILES string of the molecule is CCCCCCCCCCCCCCCCCC1OCC(COCCCCCCN2CSC=C2C)O1. The predicted octanol–water partition coefficient (Wildman–Crippen LogP) is 9.43. The minimum absolute atomic E-state index is 0.00169. The standard InChI is InChI=1S/C31H59NO3S/c1-3-4-5-6-7-8-9-10-11-12-13-14-15-16-19-22-31-34-26-30(35-31)25-33-24-21-18-17-20-23-32-28-36-27-29(32)2/h27,30-31H,3-26,28H2,1-2H3. The molecule has 2 aliphatic rings. The molecule has 4 nitrogen and oxygen atoms in total. The van der Waals surface area contributed by atoms with Gasteiger partial charge >= 0.3 is 0 Å². The second-order valence-corrected chi connectivity index (χ2v) is 11.9. The second kappa shape index (κ2) is 22.7. The van der Waals surface area contributed by atoms with Gasteiger partial charge < -0.3 is 19.1 Å². The van der Waals surface area contributed by atoms with Gasteiger partial charge in [0.2, 0.25) is 0 Å². The molecule has 1 saturated heterocycles. The fourth-order valence-electron chi connectivity index (χ4n) is 5.17. The Morgan fingerprint density at radius 1 is 0.806 bits per heavy atom. The molecule has 2 atom stereocenters. The van der Waals surface area contributed by atoms with E-state index >= 15 is 0 Å². The minimum Gasteiger partial charge on any atom is -0.379 e. The molecule has 2 unspecified atom stereocenters. The van der Waals surface area contributed by atoms with E-state index in [2.05, 4.69) is 24.2 Å². The normalized spacial score (nSPS) is 19.9. The minimum atomic E-state index is 0.00169. The molecule has 0 radical (unpaired) electrons. The molecule has 5 heteroatoms. The van der Waals surface area contributed by atoms with E-state index < -0.39 is 0 Å². The van der Waals surface area contributed by atoms with Crippen LogP contribution in [0.1, 0.15) is 142 Å². The summed E-state index contributed by atoms with van der Waals surface area (Å²) < 4.78 is 17.7. The summed E-state index contributed by atoms with van der Waals surface area (Å²) in [5, 5.41) is 2.27. The van der Waals surface area contributed by atoms with Crippen molar-refractivity contribution in [2.45, 2.75) is 155 Å². The molecule has 0 N–H and O–H groups in total. The number of rotatable bonds is 25. The fourth-order valence-corrected chi connectivity index (χ4v) is 6.15. The Hall–Kier alpha value is -0.230. The molecule has 2 heterocycles. The van der Waals surface area contributed by atoms with Gasteiger partial charge in [0, 0.05) is 18.8 Å². The lowest BCUT2D eigenvalue weighted by Gasteiger charge is -2.18. The van der Waals surface area contributed by atoms with Gasteiger partial charge in [-0.05, 0) is 38.0 Å². The molecule has 2 aliphatic heterocycles. The Labute approximate surface area is 228 Å². The predicted molar refractivity (Wildman–Crippen MR) is 156 cm³/mol. The molecular formula is C31H59NO3S. The van der Waals surface area contributed by atoms with Gasteiger partial charge in [0.1, 0.15) is 6.10 Å². The highest BCUT2D eigenvalue weighted by atomic mass is 32.2. The van der Waals surface area contributed by atoms with Gasteiger partial charge in [0.25, 0.3) is 0 Å². The van der Waals surface area contributed by atoms with Crippen LogP contribution in [-0.4, -0.2) is 49.5 Å².